The van der Waals surface area contributed by atoms with Crippen molar-refractivity contribution >= 4 is 29.5 Å². The summed E-state index contributed by atoms with van der Waals surface area (Å²) >= 11 is 11.5. The number of halogens is 2. The van der Waals surface area contributed by atoms with Gasteiger partial charge in [-0.2, -0.15) is 5.26 Å². The maximum absolute atomic E-state index is 10.7. The van der Waals surface area contributed by atoms with Gasteiger partial charge in [0.15, 0.2) is 18.1 Å². The summed E-state index contributed by atoms with van der Waals surface area (Å²) in [6, 6.07) is 4.76. The summed E-state index contributed by atoms with van der Waals surface area (Å²) in [6.07, 6.45) is -0.0978. The molecule has 0 N–H and O–H groups in total. The highest BCUT2D eigenvalue weighted by Crippen LogP contribution is 2.32. The maximum Gasteiger partial charge on any atom is 0.181 e. The first-order chi connectivity index (χ1) is 7.08. The topological polar surface area (TPSA) is 50.1 Å². The largest absolute Gasteiger partial charge is 0.474 e. The summed E-state index contributed by atoms with van der Waals surface area (Å²) < 4.78 is 5.19. The maximum atomic E-state index is 10.7. The minimum atomic E-state index is -0.678. The Balaban J connectivity index is 3.16. The third-order valence-corrected chi connectivity index (χ3v) is 2.14. The highest BCUT2D eigenvalue weighted by Gasteiger charge is 2.12. The first-order valence-corrected chi connectivity index (χ1v) is 4.84. The van der Waals surface area contributed by atoms with Crippen molar-refractivity contribution in [2.75, 3.05) is 0 Å². The summed E-state index contributed by atoms with van der Waals surface area (Å²) in [7, 11) is 0. The van der Waals surface area contributed by atoms with E-state index < -0.39 is 6.10 Å². The van der Waals surface area contributed by atoms with Crippen LogP contribution < -0.4 is 4.74 Å². The predicted molar refractivity (Wildman–Crippen MR) is 57.6 cm³/mol. The summed E-state index contributed by atoms with van der Waals surface area (Å²) in [5, 5.41) is 9.13. The van der Waals surface area contributed by atoms with Crippen LogP contribution >= 0.6 is 23.2 Å². The van der Waals surface area contributed by atoms with Gasteiger partial charge in [0.25, 0.3) is 0 Å². The fraction of sp³-hybridized carbons (Fsp3) is 0.200. The molecule has 1 unspecified atom stereocenters. The normalized spacial score (nSPS) is 11.6. The zero-order valence-corrected chi connectivity index (χ0v) is 9.34. The van der Waals surface area contributed by atoms with E-state index in [9.17, 15) is 4.79 Å². The van der Waals surface area contributed by atoms with Crippen molar-refractivity contribution in [1.29, 1.82) is 5.26 Å². The van der Waals surface area contributed by atoms with Crippen LogP contribution in [0.1, 0.15) is 17.3 Å². The highest BCUT2D eigenvalue weighted by molar-refractivity contribution is 6.36. The van der Waals surface area contributed by atoms with Gasteiger partial charge in [0.2, 0.25) is 0 Å². The molecule has 15 heavy (non-hydrogen) atoms. The average molecular weight is 244 g/mol. The van der Waals surface area contributed by atoms with Crippen LogP contribution in [0.15, 0.2) is 12.1 Å². The number of carbonyl (C=O) groups is 1. The third-order valence-electron chi connectivity index (χ3n) is 1.64. The lowest BCUT2D eigenvalue weighted by molar-refractivity contribution is 0.111. The Hall–Kier alpha value is -1.24. The standard InChI is InChI=1S/C10H7Cl2NO2/c1-6(4-13)15-10-7(5-14)2-8(11)3-9(10)12/h2-3,5-6H,1H3. The second-order valence-corrected chi connectivity index (χ2v) is 3.66. The van der Waals surface area contributed by atoms with Gasteiger partial charge in [-0.05, 0) is 19.1 Å². The summed E-state index contributed by atoms with van der Waals surface area (Å²) in [4.78, 5) is 10.7. The number of rotatable bonds is 3. The van der Waals surface area contributed by atoms with Crippen molar-refractivity contribution in [2.24, 2.45) is 0 Å². The molecule has 0 radical (unpaired) electrons. The number of benzene rings is 1. The van der Waals surface area contributed by atoms with Gasteiger partial charge in [-0.25, -0.2) is 0 Å². The molecule has 0 amide bonds. The Labute approximate surface area is 97.2 Å². The molecule has 1 rings (SSSR count). The number of ether oxygens (including phenoxy) is 1. The molecule has 0 aliphatic carbocycles. The van der Waals surface area contributed by atoms with Gasteiger partial charge in [0.1, 0.15) is 6.07 Å². The molecule has 1 aromatic carbocycles. The number of carbonyl (C=O) groups excluding carboxylic acids is 1. The van der Waals surface area contributed by atoms with Crippen molar-refractivity contribution < 1.29 is 9.53 Å². The van der Waals surface area contributed by atoms with E-state index in [0.29, 0.717) is 11.3 Å². The van der Waals surface area contributed by atoms with Gasteiger partial charge in [0, 0.05) is 5.02 Å². The molecule has 1 atom stereocenters. The van der Waals surface area contributed by atoms with E-state index in [-0.39, 0.29) is 16.3 Å². The van der Waals surface area contributed by atoms with E-state index >= 15 is 0 Å². The average Bonchev–Trinajstić information content (AvgIpc) is 2.21. The van der Waals surface area contributed by atoms with Crippen LogP contribution in [0, 0.1) is 11.3 Å². The molecule has 0 aromatic heterocycles. The van der Waals surface area contributed by atoms with E-state index in [2.05, 4.69) is 0 Å². The Kier molecular flexibility index (Phi) is 3.96. The lowest BCUT2D eigenvalue weighted by Gasteiger charge is -2.11. The Morgan fingerprint density at radius 1 is 1.53 bits per heavy atom. The van der Waals surface area contributed by atoms with Crippen molar-refractivity contribution in [3.05, 3.63) is 27.7 Å². The molecule has 0 bridgehead atoms. The molecule has 0 saturated carbocycles. The van der Waals surface area contributed by atoms with Gasteiger partial charge in [-0.3, -0.25) is 4.79 Å². The van der Waals surface area contributed by atoms with E-state index in [4.69, 9.17) is 33.2 Å². The van der Waals surface area contributed by atoms with Crippen LogP contribution in [0.3, 0.4) is 0 Å². The van der Waals surface area contributed by atoms with Crippen molar-refractivity contribution in [3.8, 4) is 11.8 Å². The molecular formula is C10H7Cl2NO2. The molecule has 0 saturated heterocycles. The van der Waals surface area contributed by atoms with Crippen molar-refractivity contribution in [1.82, 2.24) is 0 Å². The molecule has 5 heteroatoms. The smallest absolute Gasteiger partial charge is 0.181 e. The Bertz CT molecular complexity index is 426. The Morgan fingerprint density at radius 2 is 2.20 bits per heavy atom. The molecule has 0 spiro atoms. The van der Waals surface area contributed by atoms with Crippen LogP contribution in [0.4, 0.5) is 0 Å². The van der Waals surface area contributed by atoms with Gasteiger partial charge in [-0.1, -0.05) is 23.2 Å². The summed E-state index contributed by atoms with van der Waals surface area (Å²) in [6.45, 7) is 1.56. The highest BCUT2D eigenvalue weighted by atomic mass is 35.5. The molecule has 3 nitrogen and oxygen atoms in total. The second-order valence-electron chi connectivity index (χ2n) is 2.81. The number of nitrogens with zero attached hydrogens (tertiary/aromatic N) is 1. The van der Waals surface area contributed by atoms with Crippen LogP contribution in [-0.4, -0.2) is 12.4 Å². The number of hydrogen-bond acceptors (Lipinski definition) is 3. The van der Waals surface area contributed by atoms with E-state index in [0.717, 1.165) is 0 Å². The lowest BCUT2D eigenvalue weighted by Crippen LogP contribution is -2.10. The van der Waals surface area contributed by atoms with Gasteiger partial charge in [0.05, 0.1) is 10.6 Å². The number of aldehydes is 1. The molecule has 0 aliphatic rings. The molecule has 0 heterocycles. The quantitative estimate of drug-likeness (QED) is 0.767. The van der Waals surface area contributed by atoms with Gasteiger partial charge >= 0.3 is 0 Å². The predicted octanol–water partition coefficient (Wildman–Crippen LogP) is 3.10. The fourth-order valence-electron chi connectivity index (χ4n) is 0.995. The lowest BCUT2D eigenvalue weighted by atomic mass is 10.2. The molecule has 1 aromatic rings. The van der Waals surface area contributed by atoms with E-state index in [1.165, 1.54) is 12.1 Å². The minimum absolute atomic E-state index is 0.185. The molecular weight excluding hydrogens is 237 g/mol. The number of hydrogen-bond donors (Lipinski definition) is 0. The minimum Gasteiger partial charge on any atom is -0.474 e. The number of nitriles is 1. The van der Waals surface area contributed by atoms with Gasteiger partial charge in [-0.15, -0.1) is 0 Å². The molecule has 0 fully saturated rings. The van der Waals surface area contributed by atoms with Gasteiger partial charge < -0.3 is 4.74 Å². The SMILES string of the molecule is CC(C#N)Oc1c(Cl)cc(Cl)cc1C=O. The Morgan fingerprint density at radius 3 is 2.73 bits per heavy atom. The first kappa shape index (κ1) is 11.8. The zero-order chi connectivity index (χ0) is 11.4. The first-order valence-electron chi connectivity index (χ1n) is 4.09. The molecule has 0 aliphatic heterocycles. The zero-order valence-electron chi connectivity index (χ0n) is 7.83. The fourth-order valence-corrected chi connectivity index (χ4v) is 1.55. The third kappa shape index (κ3) is 2.85. The summed E-state index contributed by atoms with van der Waals surface area (Å²) in [5.41, 5.74) is 0.231. The van der Waals surface area contributed by atoms with Crippen LogP contribution in [-0.2, 0) is 0 Å². The van der Waals surface area contributed by atoms with Crippen LogP contribution in [0.25, 0.3) is 0 Å². The van der Waals surface area contributed by atoms with Crippen molar-refractivity contribution in [2.45, 2.75) is 13.0 Å². The van der Waals surface area contributed by atoms with Crippen molar-refractivity contribution in [3.63, 3.8) is 0 Å². The molecule has 78 valence electrons. The van der Waals surface area contributed by atoms with Crippen LogP contribution in [0.2, 0.25) is 10.0 Å². The van der Waals surface area contributed by atoms with E-state index in [1.54, 1.807) is 6.92 Å². The monoisotopic (exact) mass is 243 g/mol. The van der Waals surface area contributed by atoms with E-state index in [1.807, 2.05) is 6.07 Å². The summed E-state index contributed by atoms with van der Waals surface area (Å²) in [5.74, 6) is 0.185. The second kappa shape index (κ2) is 5.01. The van der Waals surface area contributed by atoms with Crippen LogP contribution in [0.5, 0.6) is 5.75 Å².